The molecule has 0 bridgehead atoms. The summed E-state index contributed by atoms with van der Waals surface area (Å²) in [4.78, 5) is 3.91. The molecule has 84 valence electrons. The Morgan fingerprint density at radius 2 is 2.00 bits per heavy atom. The Balaban J connectivity index is 2.38. The molecule has 1 aromatic heterocycles. The van der Waals surface area contributed by atoms with Gasteiger partial charge in [-0.1, -0.05) is 0 Å². The van der Waals surface area contributed by atoms with Crippen LogP contribution in [0.25, 0.3) is 0 Å². The molecule has 1 heterocycles. The molecule has 0 saturated carbocycles. The Morgan fingerprint density at radius 3 is 2.53 bits per heavy atom. The second-order valence-electron chi connectivity index (χ2n) is 3.73. The van der Waals surface area contributed by atoms with Gasteiger partial charge in [-0.2, -0.15) is 0 Å². The van der Waals surface area contributed by atoms with E-state index < -0.39 is 9.84 Å². The topological polar surface area (TPSA) is 59.1 Å². The summed E-state index contributed by atoms with van der Waals surface area (Å²) in [6, 6.07) is 3.77. The van der Waals surface area contributed by atoms with E-state index in [0.717, 1.165) is 5.56 Å². The Hall–Kier alpha value is -0.940. The van der Waals surface area contributed by atoms with Crippen molar-refractivity contribution in [2.24, 2.45) is 0 Å². The predicted molar refractivity (Wildman–Crippen MR) is 60.2 cm³/mol. The first-order valence-corrected chi connectivity index (χ1v) is 6.83. The van der Waals surface area contributed by atoms with Gasteiger partial charge in [0.25, 0.3) is 0 Å². The first-order chi connectivity index (χ1) is 6.97. The number of hydrogen-bond acceptors (Lipinski definition) is 4. The Labute approximate surface area is 90.7 Å². The standard InChI is InChI=1S/C10H16N2O2S/c1-9(8-15(2,13)14)12-7-10-3-5-11-6-4-10/h3-6,9,12H,7-8H2,1-2H3. The van der Waals surface area contributed by atoms with E-state index in [1.54, 1.807) is 12.4 Å². The van der Waals surface area contributed by atoms with Crippen LogP contribution in [0.15, 0.2) is 24.5 Å². The monoisotopic (exact) mass is 228 g/mol. The van der Waals surface area contributed by atoms with Gasteiger partial charge < -0.3 is 5.32 Å². The van der Waals surface area contributed by atoms with Crippen molar-refractivity contribution in [3.8, 4) is 0 Å². The van der Waals surface area contributed by atoms with Crippen molar-refractivity contribution in [1.82, 2.24) is 10.3 Å². The maximum atomic E-state index is 11.0. The average molecular weight is 228 g/mol. The summed E-state index contributed by atoms with van der Waals surface area (Å²) < 4.78 is 22.0. The van der Waals surface area contributed by atoms with E-state index in [4.69, 9.17) is 0 Å². The number of pyridine rings is 1. The van der Waals surface area contributed by atoms with Crippen LogP contribution in [-0.4, -0.2) is 31.5 Å². The highest BCUT2D eigenvalue weighted by atomic mass is 32.2. The van der Waals surface area contributed by atoms with E-state index in [1.807, 2.05) is 19.1 Å². The van der Waals surface area contributed by atoms with Crippen LogP contribution >= 0.6 is 0 Å². The van der Waals surface area contributed by atoms with Gasteiger partial charge in [0.1, 0.15) is 9.84 Å². The molecule has 0 aromatic carbocycles. The molecule has 1 rings (SSSR count). The number of sulfone groups is 1. The lowest BCUT2D eigenvalue weighted by molar-refractivity contribution is 0.560. The lowest BCUT2D eigenvalue weighted by Gasteiger charge is -2.12. The molecule has 4 nitrogen and oxygen atoms in total. The van der Waals surface area contributed by atoms with Crippen molar-refractivity contribution in [3.05, 3.63) is 30.1 Å². The fourth-order valence-corrected chi connectivity index (χ4v) is 2.33. The molecule has 0 aliphatic carbocycles. The highest BCUT2D eigenvalue weighted by Crippen LogP contribution is 1.97. The van der Waals surface area contributed by atoms with Gasteiger partial charge in [-0.25, -0.2) is 8.42 Å². The molecule has 15 heavy (non-hydrogen) atoms. The van der Waals surface area contributed by atoms with Crippen LogP contribution < -0.4 is 5.32 Å². The molecule has 0 amide bonds. The second kappa shape index (κ2) is 5.23. The normalized spacial score (nSPS) is 13.7. The number of nitrogens with one attached hydrogen (secondary N) is 1. The maximum Gasteiger partial charge on any atom is 0.148 e. The highest BCUT2D eigenvalue weighted by molar-refractivity contribution is 7.90. The fraction of sp³-hybridized carbons (Fsp3) is 0.500. The van der Waals surface area contributed by atoms with Gasteiger partial charge in [0.05, 0.1) is 5.75 Å². The predicted octanol–water partition coefficient (Wildman–Crippen LogP) is 0.604. The zero-order valence-electron chi connectivity index (χ0n) is 8.97. The summed E-state index contributed by atoms with van der Waals surface area (Å²) in [7, 11) is -2.90. The van der Waals surface area contributed by atoms with Gasteiger partial charge in [-0.05, 0) is 24.6 Å². The number of nitrogens with zero attached hydrogens (tertiary/aromatic N) is 1. The summed E-state index contributed by atoms with van der Waals surface area (Å²) in [5.41, 5.74) is 1.10. The van der Waals surface area contributed by atoms with Crippen molar-refractivity contribution in [2.45, 2.75) is 19.5 Å². The Bertz CT molecular complexity index is 389. The summed E-state index contributed by atoms with van der Waals surface area (Å²) in [6.45, 7) is 2.53. The van der Waals surface area contributed by atoms with Crippen LogP contribution in [0.3, 0.4) is 0 Å². The SMILES string of the molecule is CC(CS(C)(=O)=O)NCc1ccncc1. The zero-order valence-corrected chi connectivity index (χ0v) is 9.79. The third-order valence-electron chi connectivity index (χ3n) is 1.96. The van der Waals surface area contributed by atoms with Gasteiger partial charge in [0, 0.05) is 31.2 Å². The van der Waals surface area contributed by atoms with E-state index in [0.29, 0.717) is 6.54 Å². The van der Waals surface area contributed by atoms with E-state index in [2.05, 4.69) is 10.3 Å². The molecule has 0 spiro atoms. The summed E-state index contributed by atoms with van der Waals surface area (Å²) >= 11 is 0. The molecule has 0 aliphatic rings. The first kappa shape index (κ1) is 12.1. The zero-order chi connectivity index (χ0) is 11.3. The maximum absolute atomic E-state index is 11.0. The minimum Gasteiger partial charge on any atom is -0.309 e. The van der Waals surface area contributed by atoms with Crippen molar-refractivity contribution in [2.75, 3.05) is 12.0 Å². The molecule has 1 atom stereocenters. The quantitative estimate of drug-likeness (QED) is 0.802. The van der Waals surface area contributed by atoms with Crippen molar-refractivity contribution < 1.29 is 8.42 Å². The summed E-state index contributed by atoms with van der Waals surface area (Å²) in [6.07, 6.45) is 4.69. The molecule has 0 radical (unpaired) electrons. The average Bonchev–Trinajstić information content (AvgIpc) is 2.14. The third-order valence-corrected chi connectivity index (χ3v) is 3.06. The van der Waals surface area contributed by atoms with Crippen LogP contribution in [-0.2, 0) is 16.4 Å². The van der Waals surface area contributed by atoms with Gasteiger partial charge in [0.15, 0.2) is 0 Å². The molecule has 1 N–H and O–H groups in total. The molecule has 1 aromatic rings. The lowest BCUT2D eigenvalue weighted by Crippen LogP contribution is -2.32. The van der Waals surface area contributed by atoms with Crippen LogP contribution in [0.4, 0.5) is 0 Å². The number of rotatable bonds is 5. The minimum atomic E-state index is -2.90. The van der Waals surface area contributed by atoms with E-state index in [-0.39, 0.29) is 11.8 Å². The minimum absolute atomic E-state index is 0.0341. The summed E-state index contributed by atoms with van der Waals surface area (Å²) in [5.74, 6) is 0.165. The Morgan fingerprint density at radius 1 is 1.40 bits per heavy atom. The van der Waals surface area contributed by atoms with Crippen LogP contribution in [0.2, 0.25) is 0 Å². The van der Waals surface area contributed by atoms with E-state index in [9.17, 15) is 8.42 Å². The van der Waals surface area contributed by atoms with Crippen LogP contribution in [0.5, 0.6) is 0 Å². The molecule has 5 heteroatoms. The largest absolute Gasteiger partial charge is 0.309 e. The molecule has 0 aliphatic heterocycles. The van der Waals surface area contributed by atoms with Gasteiger partial charge in [-0.3, -0.25) is 4.98 Å². The van der Waals surface area contributed by atoms with Crippen LogP contribution in [0.1, 0.15) is 12.5 Å². The lowest BCUT2D eigenvalue weighted by atomic mass is 10.2. The smallest absolute Gasteiger partial charge is 0.148 e. The molecular weight excluding hydrogens is 212 g/mol. The molecular formula is C10H16N2O2S. The summed E-state index contributed by atoms with van der Waals surface area (Å²) in [5, 5.41) is 3.15. The van der Waals surface area contributed by atoms with Crippen LogP contribution in [0, 0.1) is 0 Å². The molecule has 0 fully saturated rings. The van der Waals surface area contributed by atoms with E-state index in [1.165, 1.54) is 6.26 Å². The van der Waals surface area contributed by atoms with Gasteiger partial charge >= 0.3 is 0 Å². The van der Waals surface area contributed by atoms with Crippen molar-refractivity contribution >= 4 is 9.84 Å². The first-order valence-electron chi connectivity index (χ1n) is 4.77. The van der Waals surface area contributed by atoms with Crippen molar-refractivity contribution in [1.29, 1.82) is 0 Å². The third kappa shape index (κ3) is 5.49. The Kier molecular flexibility index (Phi) is 4.23. The highest BCUT2D eigenvalue weighted by Gasteiger charge is 2.09. The second-order valence-corrected chi connectivity index (χ2v) is 5.91. The number of aromatic nitrogens is 1. The molecule has 1 unspecified atom stereocenters. The van der Waals surface area contributed by atoms with Crippen molar-refractivity contribution in [3.63, 3.8) is 0 Å². The van der Waals surface area contributed by atoms with Gasteiger partial charge in [-0.15, -0.1) is 0 Å². The fourth-order valence-electron chi connectivity index (χ4n) is 1.31. The molecule has 0 saturated heterocycles. The van der Waals surface area contributed by atoms with E-state index >= 15 is 0 Å². The number of hydrogen-bond donors (Lipinski definition) is 1. The van der Waals surface area contributed by atoms with Gasteiger partial charge in [0.2, 0.25) is 0 Å².